The van der Waals surface area contributed by atoms with Crippen LogP contribution in [0.1, 0.15) is 39.0 Å². The lowest BCUT2D eigenvalue weighted by atomic mass is 10.0. The summed E-state index contributed by atoms with van der Waals surface area (Å²) in [4.78, 5) is 13.6. The molecule has 2 aliphatic rings. The zero-order valence-corrected chi connectivity index (χ0v) is 14.8. The van der Waals surface area contributed by atoms with Gasteiger partial charge in [-0.2, -0.15) is 0 Å². The molecule has 0 aliphatic carbocycles. The average Bonchev–Trinajstić information content (AvgIpc) is 3.13. The monoisotopic (exact) mass is 333 g/mol. The van der Waals surface area contributed by atoms with Crippen LogP contribution in [-0.4, -0.2) is 65.3 Å². The molecule has 6 heteroatoms. The second-order valence-electron chi connectivity index (χ2n) is 7.28. The number of aliphatic hydroxyl groups is 1. The Morgan fingerprint density at radius 3 is 2.79 bits per heavy atom. The van der Waals surface area contributed by atoms with Crippen LogP contribution in [0.25, 0.3) is 0 Å². The van der Waals surface area contributed by atoms with Gasteiger partial charge in [-0.1, -0.05) is 6.92 Å². The zero-order valence-electron chi connectivity index (χ0n) is 14.8. The van der Waals surface area contributed by atoms with Gasteiger partial charge in [-0.15, -0.1) is 0 Å². The number of nitrogens with one attached hydrogen (secondary N) is 1. The van der Waals surface area contributed by atoms with Gasteiger partial charge < -0.3 is 20.2 Å². The van der Waals surface area contributed by atoms with Crippen molar-refractivity contribution in [3.63, 3.8) is 0 Å². The van der Waals surface area contributed by atoms with Crippen molar-refractivity contribution >= 4 is 11.6 Å². The maximum atomic E-state index is 9.60. The van der Waals surface area contributed by atoms with Crippen LogP contribution in [0.4, 0.5) is 11.6 Å². The number of nitrogens with zero attached hydrogens (tertiary/aromatic N) is 4. The molecule has 1 aromatic heterocycles. The molecule has 24 heavy (non-hydrogen) atoms. The van der Waals surface area contributed by atoms with Crippen LogP contribution in [0, 0.1) is 5.92 Å². The average molecular weight is 333 g/mol. The quantitative estimate of drug-likeness (QED) is 0.795. The van der Waals surface area contributed by atoms with Crippen molar-refractivity contribution in [2.75, 3.05) is 49.5 Å². The number of likely N-dealkylation sites (tertiary alicyclic amines) is 1. The first-order valence-corrected chi connectivity index (χ1v) is 9.42. The third-order valence-corrected chi connectivity index (χ3v) is 5.18. The summed E-state index contributed by atoms with van der Waals surface area (Å²) in [5.74, 6) is 2.41. The van der Waals surface area contributed by atoms with Crippen molar-refractivity contribution < 1.29 is 5.11 Å². The van der Waals surface area contributed by atoms with Crippen molar-refractivity contribution in [1.82, 2.24) is 14.9 Å². The maximum Gasteiger partial charge on any atom is 0.134 e. The number of aromatic nitrogens is 2. The molecule has 0 amide bonds. The molecule has 134 valence electrons. The van der Waals surface area contributed by atoms with E-state index in [1.54, 1.807) is 6.33 Å². The molecule has 6 nitrogen and oxygen atoms in total. The lowest BCUT2D eigenvalue weighted by molar-refractivity contribution is 0.239. The highest BCUT2D eigenvalue weighted by molar-refractivity contribution is 5.49. The van der Waals surface area contributed by atoms with Crippen LogP contribution in [-0.2, 0) is 0 Å². The van der Waals surface area contributed by atoms with Gasteiger partial charge >= 0.3 is 0 Å². The van der Waals surface area contributed by atoms with E-state index in [0.717, 1.165) is 44.1 Å². The first kappa shape index (κ1) is 17.4. The van der Waals surface area contributed by atoms with Crippen LogP contribution < -0.4 is 10.2 Å². The van der Waals surface area contributed by atoms with Gasteiger partial charge in [0.15, 0.2) is 0 Å². The maximum absolute atomic E-state index is 9.60. The molecule has 1 aromatic rings. The summed E-state index contributed by atoms with van der Waals surface area (Å²) in [6.45, 7) is 8.03. The molecule has 2 fully saturated rings. The van der Waals surface area contributed by atoms with Crippen molar-refractivity contribution in [3.8, 4) is 0 Å². The topological polar surface area (TPSA) is 64.5 Å². The van der Waals surface area contributed by atoms with Crippen LogP contribution in [0.15, 0.2) is 12.4 Å². The van der Waals surface area contributed by atoms with Crippen LogP contribution in [0.3, 0.4) is 0 Å². The fourth-order valence-corrected chi connectivity index (χ4v) is 3.84. The van der Waals surface area contributed by atoms with E-state index in [-0.39, 0.29) is 12.6 Å². The number of rotatable bonds is 7. The summed E-state index contributed by atoms with van der Waals surface area (Å²) in [5.41, 5.74) is 0. The molecule has 0 saturated carbocycles. The van der Waals surface area contributed by atoms with Crippen molar-refractivity contribution in [1.29, 1.82) is 0 Å². The SMILES string of the molecule is CC(CNc1cc(N2CCCCC2CO)ncn1)CN1CCCC1. The second kappa shape index (κ2) is 8.62. The van der Waals surface area contributed by atoms with Crippen LogP contribution in [0.2, 0.25) is 0 Å². The molecule has 3 heterocycles. The van der Waals surface area contributed by atoms with Crippen LogP contribution in [0.5, 0.6) is 0 Å². The Hall–Kier alpha value is -1.40. The minimum absolute atomic E-state index is 0.190. The number of hydrogen-bond acceptors (Lipinski definition) is 6. The van der Waals surface area contributed by atoms with E-state index in [1.165, 1.54) is 32.4 Å². The smallest absolute Gasteiger partial charge is 0.134 e. The molecule has 0 aromatic carbocycles. The number of aliphatic hydroxyl groups excluding tert-OH is 1. The summed E-state index contributed by atoms with van der Waals surface area (Å²) in [5, 5.41) is 13.1. The number of piperidine rings is 1. The van der Waals surface area contributed by atoms with Gasteiger partial charge in [0.05, 0.1) is 12.6 Å². The van der Waals surface area contributed by atoms with Crippen molar-refractivity contribution in [2.45, 2.75) is 45.1 Å². The highest BCUT2D eigenvalue weighted by Gasteiger charge is 2.23. The van der Waals surface area contributed by atoms with Gasteiger partial charge in [-0.05, 0) is 51.1 Å². The van der Waals surface area contributed by atoms with Gasteiger partial charge in [0, 0.05) is 25.7 Å². The van der Waals surface area contributed by atoms with Gasteiger partial charge in [-0.3, -0.25) is 0 Å². The summed E-state index contributed by atoms with van der Waals surface area (Å²) in [6.07, 6.45) is 7.71. The first-order valence-electron chi connectivity index (χ1n) is 9.42. The highest BCUT2D eigenvalue weighted by atomic mass is 16.3. The van der Waals surface area contributed by atoms with E-state index >= 15 is 0 Å². The van der Waals surface area contributed by atoms with E-state index in [4.69, 9.17) is 0 Å². The van der Waals surface area contributed by atoms with E-state index in [1.807, 2.05) is 6.07 Å². The predicted octanol–water partition coefficient (Wildman–Crippen LogP) is 1.97. The fourth-order valence-electron chi connectivity index (χ4n) is 3.84. The van der Waals surface area contributed by atoms with E-state index in [9.17, 15) is 5.11 Å². The Morgan fingerprint density at radius 1 is 1.21 bits per heavy atom. The minimum Gasteiger partial charge on any atom is -0.394 e. The molecule has 0 spiro atoms. The van der Waals surface area contributed by atoms with Gasteiger partial charge in [-0.25, -0.2) is 9.97 Å². The van der Waals surface area contributed by atoms with E-state index < -0.39 is 0 Å². The van der Waals surface area contributed by atoms with Crippen molar-refractivity contribution in [2.24, 2.45) is 5.92 Å². The Labute approximate surface area is 145 Å². The van der Waals surface area contributed by atoms with E-state index in [2.05, 4.69) is 32.0 Å². The first-order chi connectivity index (χ1) is 11.8. The molecule has 2 unspecified atom stereocenters. The third kappa shape index (κ3) is 4.57. The normalized spacial score (nSPS) is 23.4. The molecule has 2 N–H and O–H groups in total. The Balaban J connectivity index is 1.54. The number of anilines is 2. The molecule has 0 radical (unpaired) electrons. The zero-order chi connectivity index (χ0) is 16.8. The molecular weight excluding hydrogens is 302 g/mol. The summed E-state index contributed by atoms with van der Waals surface area (Å²) >= 11 is 0. The largest absolute Gasteiger partial charge is 0.394 e. The summed E-state index contributed by atoms with van der Waals surface area (Å²) in [6, 6.07) is 2.21. The lowest BCUT2D eigenvalue weighted by Crippen LogP contribution is -2.42. The molecular formula is C18H31N5O. The van der Waals surface area contributed by atoms with Gasteiger partial charge in [0.25, 0.3) is 0 Å². The highest BCUT2D eigenvalue weighted by Crippen LogP contribution is 2.24. The summed E-state index contributed by atoms with van der Waals surface area (Å²) < 4.78 is 0. The Bertz CT molecular complexity index is 506. The van der Waals surface area contributed by atoms with Crippen molar-refractivity contribution in [3.05, 3.63) is 12.4 Å². The molecule has 2 aliphatic heterocycles. The molecule has 2 saturated heterocycles. The van der Waals surface area contributed by atoms with Crippen LogP contribution >= 0.6 is 0 Å². The number of hydrogen-bond donors (Lipinski definition) is 2. The standard InChI is InChI=1S/C18H31N5O/c1-15(12-22-7-4-5-8-22)11-19-17-10-18(21-14-20-17)23-9-3-2-6-16(23)13-24/h10,14-16,24H,2-9,11-13H2,1H3,(H,19,20,21). The minimum atomic E-state index is 0.190. The van der Waals surface area contributed by atoms with E-state index in [0.29, 0.717) is 5.92 Å². The van der Waals surface area contributed by atoms with Gasteiger partial charge in [0.1, 0.15) is 18.0 Å². The lowest BCUT2D eigenvalue weighted by Gasteiger charge is -2.35. The fraction of sp³-hybridized carbons (Fsp3) is 0.778. The predicted molar refractivity (Wildman–Crippen MR) is 97.4 cm³/mol. The molecule has 2 atom stereocenters. The Kier molecular flexibility index (Phi) is 6.26. The summed E-state index contributed by atoms with van der Waals surface area (Å²) in [7, 11) is 0. The third-order valence-electron chi connectivity index (χ3n) is 5.18. The van der Waals surface area contributed by atoms with Gasteiger partial charge in [0.2, 0.25) is 0 Å². The Morgan fingerprint density at radius 2 is 2.00 bits per heavy atom. The second-order valence-corrected chi connectivity index (χ2v) is 7.28. The molecule has 0 bridgehead atoms. The molecule has 3 rings (SSSR count).